The predicted octanol–water partition coefficient (Wildman–Crippen LogP) is 3.43. The molecule has 1 saturated carbocycles. The number of ether oxygens (including phenoxy) is 1. The van der Waals surface area contributed by atoms with Gasteiger partial charge in [0, 0.05) is 10.0 Å². The molecule has 0 atom stereocenters. The van der Waals surface area contributed by atoms with E-state index >= 15 is 0 Å². The first-order valence-electron chi connectivity index (χ1n) is 6.56. The van der Waals surface area contributed by atoms with E-state index in [1.807, 2.05) is 24.3 Å². The average molecular weight is 335 g/mol. The zero-order chi connectivity index (χ0) is 14.2. The van der Waals surface area contributed by atoms with Crippen LogP contribution in [0.2, 0.25) is 0 Å². The Balaban J connectivity index is 1.99. The van der Waals surface area contributed by atoms with Crippen LogP contribution in [0, 0.1) is 0 Å². The lowest BCUT2D eigenvalue weighted by Gasteiger charge is -2.36. The van der Waals surface area contributed by atoms with Crippen LogP contribution in [0.1, 0.15) is 25.1 Å². The predicted molar refractivity (Wildman–Crippen MR) is 79.3 cm³/mol. The first-order valence-corrected chi connectivity index (χ1v) is 7.35. The molecule has 1 heterocycles. The highest BCUT2D eigenvalue weighted by Crippen LogP contribution is 2.44. The van der Waals surface area contributed by atoms with E-state index in [-0.39, 0.29) is 5.97 Å². The molecule has 20 heavy (non-hydrogen) atoms. The number of H-pyrrole nitrogens is 1. The van der Waals surface area contributed by atoms with Gasteiger partial charge in [0.2, 0.25) is 0 Å². The van der Waals surface area contributed by atoms with Crippen molar-refractivity contribution in [3.8, 4) is 11.3 Å². The summed E-state index contributed by atoms with van der Waals surface area (Å²) in [7, 11) is 1.43. The van der Waals surface area contributed by atoms with Gasteiger partial charge in [-0.15, -0.1) is 0 Å². The third-order valence-electron chi connectivity index (χ3n) is 3.98. The lowest BCUT2D eigenvalue weighted by atomic mass is 9.68. The third kappa shape index (κ3) is 1.97. The van der Waals surface area contributed by atoms with Crippen molar-refractivity contribution in [2.24, 2.45) is 0 Å². The van der Waals surface area contributed by atoms with Crippen molar-refractivity contribution < 1.29 is 9.53 Å². The van der Waals surface area contributed by atoms with Crippen molar-refractivity contribution in [1.29, 1.82) is 0 Å². The molecular weight excluding hydrogens is 320 g/mol. The molecule has 1 N–H and O–H groups in total. The normalized spacial score (nSPS) is 16.5. The lowest BCUT2D eigenvalue weighted by molar-refractivity contribution is -0.151. The van der Waals surface area contributed by atoms with Crippen molar-refractivity contribution in [2.45, 2.75) is 24.7 Å². The van der Waals surface area contributed by atoms with Gasteiger partial charge in [0.25, 0.3) is 0 Å². The van der Waals surface area contributed by atoms with Gasteiger partial charge in [0.15, 0.2) is 0 Å². The van der Waals surface area contributed by atoms with Crippen LogP contribution < -0.4 is 0 Å². The van der Waals surface area contributed by atoms with Crippen molar-refractivity contribution in [3.05, 3.63) is 40.8 Å². The van der Waals surface area contributed by atoms with Gasteiger partial charge in [0.05, 0.1) is 19.0 Å². The summed E-state index contributed by atoms with van der Waals surface area (Å²) in [4.78, 5) is 19.7. The summed E-state index contributed by atoms with van der Waals surface area (Å²) in [6.45, 7) is 0. The molecular formula is C15H15BrN2O2. The molecule has 3 rings (SSSR count). The molecule has 0 saturated heterocycles. The number of halogens is 1. The fraction of sp³-hybridized carbons (Fsp3) is 0.333. The summed E-state index contributed by atoms with van der Waals surface area (Å²) in [6.07, 6.45) is 4.39. The van der Waals surface area contributed by atoms with Crippen LogP contribution in [0.15, 0.2) is 34.9 Å². The fourth-order valence-electron chi connectivity index (χ4n) is 2.64. The maximum atomic E-state index is 12.0. The number of benzene rings is 1. The number of carbonyl (C=O) groups excluding carboxylic acids is 1. The van der Waals surface area contributed by atoms with E-state index in [2.05, 4.69) is 25.9 Å². The smallest absolute Gasteiger partial charge is 0.319 e. The van der Waals surface area contributed by atoms with E-state index in [1.165, 1.54) is 7.11 Å². The average Bonchev–Trinajstić information content (AvgIpc) is 2.87. The molecule has 2 aromatic rings. The molecule has 1 aliphatic rings. The van der Waals surface area contributed by atoms with E-state index in [0.29, 0.717) is 5.82 Å². The summed E-state index contributed by atoms with van der Waals surface area (Å²) in [5, 5.41) is 0. The molecule has 0 bridgehead atoms. The Labute approximate surface area is 125 Å². The number of methoxy groups -OCH3 is 1. The van der Waals surface area contributed by atoms with Gasteiger partial charge in [-0.25, -0.2) is 4.98 Å². The van der Waals surface area contributed by atoms with Gasteiger partial charge >= 0.3 is 5.97 Å². The third-order valence-corrected chi connectivity index (χ3v) is 4.67. The summed E-state index contributed by atoms with van der Waals surface area (Å²) in [6, 6.07) is 7.93. The molecule has 0 unspecified atom stereocenters. The second-order valence-corrected chi connectivity index (χ2v) is 5.91. The highest BCUT2D eigenvalue weighted by molar-refractivity contribution is 9.10. The number of nitrogens with zero attached hydrogens (tertiary/aromatic N) is 1. The second kappa shape index (κ2) is 5.05. The molecule has 0 radical (unpaired) electrons. The molecule has 1 fully saturated rings. The Hall–Kier alpha value is -1.62. The molecule has 4 nitrogen and oxygen atoms in total. The lowest BCUT2D eigenvalue weighted by Crippen LogP contribution is -2.44. The second-order valence-electron chi connectivity index (χ2n) is 5.05. The van der Waals surface area contributed by atoms with Crippen LogP contribution in [0.5, 0.6) is 0 Å². The number of nitrogens with one attached hydrogen (secondary N) is 1. The quantitative estimate of drug-likeness (QED) is 0.875. The summed E-state index contributed by atoms with van der Waals surface area (Å²) >= 11 is 3.53. The van der Waals surface area contributed by atoms with Gasteiger partial charge in [-0.05, 0) is 18.9 Å². The minimum absolute atomic E-state index is 0.197. The molecule has 0 amide bonds. The summed E-state index contributed by atoms with van der Waals surface area (Å²) < 4.78 is 5.94. The van der Waals surface area contributed by atoms with Crippen molar-refractivity contribution in [2.75, 3.05) is 7.11 Å². The number of rotatable bonds is 3. The maximum Gasteiger partial charge on any atom is 0.319 e. The minimum atomic E-state index is -0.575. The van der Waals surface area contributed by atoms with Gasteiger partial charge in [0.1, 0.15) is 11.2 Å². The van der Waals surface area contributed by atoms with Crippen LogP contribution >= 0.6 is 15.9 Å². The molecule has 1 aromatic carbocycles. The number of aromatic nitrogens is 2. The van der Waals surface area contributed by atoms with Gasteiger partial charge < -0.3 is 9.72 Å². The van der Waals surface area contributed by atoms with Crippen LogP contribution in [0.3, 0.4) is 0 Å². The number of hydrogen-bond acceptors (Lipinski definition) is 3. The SMILES string of the molecule is COC(=O)C1(c2ncc(-c3ccccc3Br)[nH]2)CCC1. The van der Waals surface area contributed by atoms with Gasteiger partial charge in [-0.2, -0.15) is 0 Å². The Morgan fingerprint density at radius 2 is 2.15 bits per heavy atom. The zero-order valence-electron chi connectivity index (χ0n) is 11.1. The summed E-state index contributed by atoms with van der Waals surface area (Å²) in [5.41, 5.74) is 1.36. The van der Waals surface area contributed by atoms with E-state index in [0.717, 1.165) is 35.0 Å². The Morgan fingerprint density at radius 1 is 1.40 bits per heavy atom. The van der Waals surface area contributed by atoms with E-state index in [1.54, 1.807) is 6.20 Å². The highest BCUT2D eigenvalue weighted by Gasteiger charge is 2.49. The number of carbonyl (C=O) groups is 1. The number of imidazole rings is 1. The Kier molecular flexibility index (Phi) is 3.38. The van der Waals surface area contributed by atoms with Crippen LogP contribution in [-0.4, -0.2) is 23.0 Å². The first-order chi connectivity index (χ1) is 9.67. The Bertz CT molecular complexity index is 647. The monoisotopic (exact) mass is 334 g/mol. The van der Waals surface area contributed by atoms with Crippen molar-refractivity contribution in [1.82, 2.24) is 9.97 Å². The molecule has 1 aliphatic carbocycles. The Morgan fingerprint density at radius 3 is 2.75 bits per heavy atom. The number of hydrogen-bond donors (Lipinski definition) is 1. The van der Waals surface area contributed by atoms with Gasteiger partial charge in [-0.3, -0.25) is 4.79 Å². The maximum absolute atomic E-state index is 12.0. The van der Waals surface area contributed by atoms with Crippen LogP contribution in [-0.2, 0) is 14.9 Å². The highest BCUT2D eigenvalue weighted by atomic mass is 79.9. The van der Waals surface area contributed by atoms with Crippen LogP contribution in [0.25, 0.3) is 11.3 Å². The zero-order valence-corrected chi connectivity index (χ0v) is 12.7. The largest absolute Gasteiger partial charge is 0.468 e. The van der Waals surface area contributed by atoms with E-state index < -0.39 is 5.41 Å². The fourth-order valence-corrected chi connectivity index (χ4v) is 3.14. The minimum Gasteiger partial charge on any atom is -0.468 e. The van der Waals surface area contributed by atoms with Crippen LogP contribution in [0.4, 0.5) is 0 Å². The van der Waals surface area contributed by atoms with Gasteiger partial charge in [-0.1, -0.05) is 40.5 Å². The molecule has 0 spiro atoms. The number of aromatic amines is 1. The molecule has 5 heteroatoms. The summed E-state index contributed by atoms with van der Waals surface area (Å²) in [5.74, 6) is 0.512. The molecule has 104 valence electrons. The topological polar surface area (TPSA) is 55.0 Å². The number of esters is 1. The van der Waals surface area contributed by atoms with E-state index in [4.69, 9.17) is 4.74 Å². The van der Waals surface area contributed by atoms with E-state index in [9.17, 15) is 4.79 Å². The standard InChI is InChI=1S/C15H15BrN2O2/c1-20-14(19)15(7-4-8-15)13-17-9-12(18-13)10-5-2-3-6-11(10)16/h2-3,5-6,9H,4,7-8H2,1H3,(H,17,18). The first kappa shape index (κ1) is 13.4. The molecule has 0 aliphatic heterocycles. The van der Waals surface area contributed by atoms with Crippen molar-refractivity contribution in [3.63, 3.8) is 0 Å². The van der Waals surface area contributed by atoms with Crippen molar-refractivity contribution >= 4 is 21.9 Å². The molecule has 1 aromatic heterocycles.